The van der Waals surface area contributed by atoms with Gasteiger partial charge in [0.05, 0.1) is 17.9 Å². The lowest BCUT2D eigenvalue weighted by Gasteiger charge is -1.94. The molecule has 6 heteroatoms. The van der Waals surface area contributed by atoms with Gasteiger partial charge in [-0.3, -0.25) is 4.68 Å². The molecule has 2 aromatic rings. The Morgan fingerprint density at radius 1 is 1.46 bits per heavy atom. The molecule has 2 rings (SSSR count). The SMILES string of the molecule is CNc1nsnc1-c1cnn(C)c1. The molecule has 0 aliphatic rings. The minimum Gasteiger partial charge on any atom is -0.370 e. The van der Waals surface area contributed by atoms with Gasteiger partial charge < -0.3 is 5.32 Å². The number of aromatic nitrogens is 4. The molecule has 0 saturated carbocycles. The van der Waals surface area contributed by atoms with Gasteiger partial charge in [0.15, 0.2) is 5.82 Å². The smallest absolute Gasteiger partial charge is 0.167 e. The molecule has 0 atom stereocenters. The summed E-state index contributed by atoms with van der Waals surface area (Å²) < 4.78 is 10.0. The van der Waals surface area contributed by atoms with Gasteiger partial charge in [-0.2, -0.15) is 13.8 Å². The molecule has 0 amide bonds. The van der Waals surface area contributed by atoms with Crippen molar-refractivity contribution in [3.63, 3.8) is 0 Å². The molecule has 13 heavy (non-hydrogen) atoms. The highest BCUT2D eigenvalue weighted by atomic mass is 32.1. The zero-order valence-corrected chi connectivity index (χ0v) is 8.17. The molecule has 0 radical (unpaired) electrons. The molecule has 0 aliphatic heterocycles. The van der Waals surface area contributed by atoms with E-state index in [1.807, 2.05) is 20.3 Å². The van der Waals surface area contributed by atoms with Crippen molar-refractivity contribution >= 4 is 17.5 Å². The lowest BCUT2D eigenvalue weighted by molar-refractivity contribution is 0.768. The molecule has 0 unspecified atom stereocenters. The molecule has 0 aromatic carbocycles. The van der Waals surface area contributed by atoms with Gasteiger partial charge in [-0.25, -0.2) is 0 Å². The number of nitrogens with zero attached hydrogens (tertiary/aromatic N) is 4. The molecule has 0 fully saturated rings. The van der Waals surface area contributed by atoms with Crippen molar-refractivity contribution in [3.05, 3.63) is 12.4 Å². The summed E-state index contributed by atoms with van der Waals surface area (Å²) in [4.78, 5) is 0. The second kappa shape index (κ2) is 3.14. The highest BCUT2D eigenvalue weighted by molar-refractivity contribution is 6.99. The van der Waals surface area contributed by atoms with Crippen LogP contribution in [0.15, 0.2) is 12.4 Å². The topological polar surface area (TPSA) is 55.6 Å². The zero-order chi connectivity index (χ0) is 9.26. The van der Waals surface area contributed by atoms with Gasteiger partial charge in [0.25, 0.3) is 0 Å². The number of hydrogen-bond acceptors (Lipinski definition) is 5. The fourth-order valence-corrected chi connectivity index (χ4v) is 1.66. The highest BCUT2D eigenvalue weighted by Crippen LogP contribution is 2.24. The van der Waals surface area contributed by atoms with Crippen molar-refractivity contribution < 1.29 is 0 Å². The third-order valence-corrected chi connectivity index (χ3v) is 2.23. The van der Waals surface area contributed by atoms with Crippen LogP contribution >= 0.6 is 11.7 Å². The first-order chi connectivity index (χ1) is 6.31. The monoisotopic (exact) mass is 195 g/mol. The Morgan fingerprint density at radius 3 is 2.92 bits per heavy atom. The fraction of sp³-hybridized carbons (Fsp3) is 0.286. The summed E-state index contributed by atoms with van der Waals surface area (Å²) in [6.45, 7) is 0. The average molecular weight is 195 g/mol. The van der Waals surface area contributed by atoms with Crippen molar-refractivity contribution in [1.29, 1.82) is 0 Å². The standard InChI is InChI=1S/C7H9N5S/c1-8-7-6(10-13-11-7)5-3-9-12(2)4-5/h3-4H,1-2H3,(H,8,11). The van der Waals surface area contributed by atoms with E-state index in [1.54, 1.807) is 10.9 Å². The molecule has 5 nitrogen and oxygen atoms in total. The van der Waals surface area contributed by atoms with Crippen LogP contribution < -0.4 is 5.32 Å². The third kappa shape index (κ3) is 1.40. The van der Waals surface area contributed by atoms with E-state index in [0.29, 0.717) is 0 Å². The van der Waals surface area contributed by atoms with Crippen molar-refractivity contribution in [1.82, 2.24) is 18.5 Å². The quantitative estimate of drug-likeness (QED) is 0.776. The molecule has 0 saturated heterocycles. The minimum absolute atomic E-state index is 0.804. The maximum atomic E-state index is 4.19. The largest absolute Gasteiger partial charge is 0.370 e. The van der Waals surface area contributed by atoms with E-state index < -0.39 is 0 Å². The van der Waals surface area contributed by atoms with Crippen LogP contribution in [0.1, 0.15) is 0 Å². The Labute approximate surface area is 79.7 Å². The van der Waals surface area contributed by atoms with E-state index in [9.17, 15) is 0 Å². The van der Waals surface area contributed by atoms with Gasteiger partial charge in [0.1, 0.15) is 5.69 Å². The number of anilines is 1. The summed E-state index contributed by atoms with van der Waals surface area (Å²) in [7, 11) is 3.71. The van der Waals surface area contributed by atoms with Gasteiger partial charge >= 0.3 is 0 Å². The van der Waals surface area contributed by atoms with Gasteiger partial charge in [0.2, 0.25) is 0 Å². The van der Waals surface area contributed by atoms with Crippen LogP contribution in [0.3, 0.4) is 0 Å². The number of rotatable bonds is 2. The van der Waals surface area contributed by atoms with Crippen LogP contribution in [-0.4, -0.2) is 25.6 Å². The summed E-state index contributed by atoms with van der Waals surface area (Å²) in [5.74, 6) is 0.804. The Balaban J connectivity index is 2.45. The van der Waals surface area contributed by atoms with Gasteiger partial charge in [-0.15, -0.1) is 0 Å². The second-order valence-corrected chi connectivity index (χ2v) is 3.14. The molecule has 1 N–H and O–H groups in total. The normalized spacial score (nSPS) is 10.3. The first-order valence-corrected chi connectivity index (χ1v) is 4.53. The lowest BCUT2D eigenvalue weighted by atomic mass is 10.2. The molecule has 0 bridgehead atoms. The van der Waals surface area contributed by atoms with Gasteiger partial charge in [0, 0.05) is 25.9 Å². The first kappa shape index (κ1) is 8.18. The van der Waals surface area contributed by atoms with Gasteiger partial charge in [-0.05, 0) is 0 Å². The highest BCUT2D eigenvalue weighted by Gasteiger charge is 2.09. The van der Waals surface area contributed by atoms with Crippen LogP contribution in [-0.2, 0) is 7.05 Å². The maximum absolute atomic E-state index is 4.19. The average Bonchev–Trinajstić information content (AvgIpc) is 2.71. The molecule has 2 aromatic heterocycles. The summed E-state index contributed by atoms with van der Waals surface area (Å²) in [6.07, 6.45) is 3.69. The van der Waals surface area contributed by atoms with E-state index in [-0.39, 0.29) is 0 Å². The molecule has 2 heterocycles. The first-order valence-electron chi connectivity index (χ1n) is 3.80. The number of hydrogen-bond donors (Lipinski definition) is 1. The van der Waals surface area contributed by atoms with Crippen LogP contribution in [0.4, 0.5) is 5.82 Å². The van der Waals surface area contributed by atoms with Gasteiger partial charge in [-0.1, -0.05) is 0 Å². The Morgan fingerprint density at radius 2 is 2.31 bits per heavy atom. The van der Waals surface area contributed by atoms with E-state index in [1.165, 1.54) is 11.7 Å². The van der Waals surface area contributed by atoms with E-state index in [2.05, 4.69) is 19.2 Å². The number of nitrogens with one attached hydrogen (secondary N) is 1. The van der Waals surface area contributed by atoms with Crippen LogP contribution in [0.25, 0.3) is 11.3 Å². The molecule has 0 aliphatic carbocycles. The van der Waals surface area contributed by atoms with Crippen molar-refractivity contribution in [2.75, 3.05) is 12.4 Å². The third-order valence-electron chi connectivity index (χ3n) is 1.70. The second-order valence-electron chi connectivity index (χ2n) is 2.61. The summed E-state index contributed by atoms with van der Waals surface area (Å²) in [5.41, 5.74) is 1.85. The molecule has 68 valence electrons. The Bertz CT molecular complexity index is 404. The Hall–Kier alpha value is -1.43. The predicted octanol–water partition coefficient (Wildman–Crippen LogP) is 0.980. The molecular formula is C7H9N5S. The predicted molar refractivity (Wildman–Crippen MR) is 51.7 cm³/mol. The molecular weight excluding hydrogens is 186 g/mol. The van der Waals surface area contributed by atoms with Crippen LogP contribution in [0, 0.1) is 0 Å². The summed E-state index contributed by atoms with van der Waals surface area (Å²) in [6, 6.07) is 0. The van der Waals surface area contributed by atoms with Crippen molar-refractivity contribution in [3.8, 4) is 11.3 Å². The summed E-state index contributed by atoms with van der Waals surface area (Å²) >= 11 is 1.20. The summed E-state index contributed by atoms with van der Waals surface area (Å²) in [5, 5.41) is 7.06. The van der Waals surface area contributed by atoms with Crippen molar-refractivity contribution in [2.24, 2.45) is 7.05 Å². The zero-order valence-electron chi connectivity index (χ0n) is 7.35. The van der Waals surface area contributed by atoms with E-state index >= 15 is 0 Å². The van der Waals surface area contributed by atoms with Crippen molar-refractivity contribution in [2.45, 2.75) is 0 Å². The lowest BCUT2D eigenvalue weighted by Crippen LogP contribution is -1.90. The minimum atomic E-state index is 0.804. The molecule has 0 spiro atoms. The van der Waals surface area contributed by atoms with Crippen LogP contribution in [0.5, 0.6) is 0 Å². The van der Waals surface area contributed by atoms with Crippen LogP contribution in [0.2, 0.25) is 0 Å². The maximum Gasteiger partial charge on any atom is 0.167 e. The van der Waals surface area contributed by atoms with E-state index in [0.717, 1.165) is 17.1 Å². The number of aryl methyl sites for hydroxylation is 1. The fourth-order valence-electron chi connectivity index (χ4n) is 1.09. The Kier molecular flexibility index (Phi) is 1.97. The van der Waals surface area contributed by atoms with E-state index in [4.69, 9.17) is 0 Å².